The SMILES string of the molecule is c1ccc(-c2cccc(-c3cnc(-c4ccc5c(c4)oc4cc6c(cc45)C(c4ccccc4)c4ccccc4-6)c(-c4nc(-c5ccccc5)nc(-c5ccccc5)n4)c3)c2)cc1. The van der Waals surface area contributed by atoms with E-state index in [4.69, 9.17) is 24.4 Å². The molecule has 0 radical (unpaired) electrons. The van der Waals surface area contributed by atoms with E-state index in [2.05, 4.69) is 140 Å². The summed E-state index contributed by atoms with van der Waals surface area (Å²) in [5.41, 5.74) is 16.6. The first-order valence-electron chi connectivity index (χ1n) is 20.9. The van der Waals surface area contributed by atoms with Gasteiger partial charge in [-0.1, -0.05) is 170 Å². The third-order valence-corrected chi connectivity index (χ3v) is 12.1. The van der Waals surface area contributed by atoms with Gasteiger partial charge >= 0.3 is 0 Å². The molecule has 62 heavy (non-hydrogen) atoms. The lowest BCUT2D eigenvalue weighted by Gasteiger charge is -2.14. The molecule has 0 amide bonds. The van der Waals surface area contributed by atoms with E-state index in [1.807, 2.05) is 72.9 Å². The van der Waals surface area contributed by atoms with Gasteiger partial charge in [-0.15, -0.1) is 0 Å². The van der Waals surface area contributed by atoms with Crippen LogP contribution in [-0.4, -0.2) is 19.9 Å². The highest BCUT2D eigenvalue weighted by atomic mass is 16.3. The van der Waals surface area contributed by atoms with Crippen LogP contribution in [0.25, 0.3) is 101 Å². The zero-order chi connectivity index (χ0) is 41.0. The van der Waals surface area contributed by atoms with E-state index in [1.54, 1.807) is 0 Å². The minimum Gasteiger partial charge on any atom is -0.456 e. The van der Waals surface area contributed by atoms with Gasteiger partial charge in [0.1, 0.15) is 11.2 Å². The topological polar surface area (TPSA) is 64.7 Å². The third kappa shape index (κ3) is 6.18. The second-order valence-electron chi connectivity index (χ2n) is 15.8. The number of hydrogen-bond acceptors (Lipinski definition) is 5. The number of furan rings is 1. The fraction of sp³-hybridized carbons (Fsp3) is 0.0175. The molecule has 1 aliphatic rings. The molecule has 0 aliphatic heterocycles. The molecule has 1 unspecified atom stereocenters. The molecule has 0 saturated heterocycles. The van der Waals surface area contributed by atoms with Gasteiger partial charge < -0.3 is 4.42 Å². The van der Waals surface area contributed by atoms with Crippen LogP contribution in [0.1, 0.15) is 22.6 Å². The third-order valence-electron chi connectivity index (χ3n) is 12.1. The predicted octanol–water partition coefficient (Wildman–Crippen LogP) is 14.3. The van der Waals surface area contributed by atoms with Crippen LogP contribution in [0, 0.1) is 0 Å². The van der Waals surface area contributed by atoms with Crippen LogP contribution < -0.4 is 0 Å². The van der Waals surface area contributed by atoms with E-state index in [0.29, 0.717) is 17.5 Å². The van der Waals surface area contributed by atoms with Gasteiger partial charge in [0, 0.05) is 50.7 Å². The Balaban J connectivity index is 1.04. The Kier molecular flexibility index (Phi) is 8.49. The molecule has 0 fully saturated rings. The number of benzene rings is 8. The lowest BCUT2D eigenvalue weighted by molar-refractivity contribution is 0.669. The van der Waals surface area contributed by atoms with Gasteiger partial charge in [-0.2, -0.15) is 0 Å². The predicted molar refractivity (Wildman–Crippen MR) is 250 cm³/mol. The van der Waals surface area contributed by atoms with Crippen molar-refractivity contribution in [2.24, 2.45) is 0 Å². The van der Waals surface area contributed by atoms with Gasteiger partial charge in [-0.25, -0.2) is 15.0 Å². The van der Waals surface area contributed by atoms with E-state index < -0.39 is 0 Å². The molecule has 5 heteroatoms. The van der Waals surface area contributed by atoms with Crippen molar-refractivity contribution in [3.05, 3.63) is 229 Å². The summed E-state index contributed by atoms with van der Waals surface area (Å²) in [5, 5.41) is 2.15. The zero-order valence-electron chi connectivity index (χ0n) is 33.5. The van der Waals surface area contributed by atoms with Gasteiger partial charge in [-0.05, 0) is 80.9 Å². The Labute approximate surface area is 358 Å². The molecule has 0 saturated carbocycles. The van der Waals surface area contributed by atoms with Crippen LogP contribution in [-0.2, 0) is 0 Å². The maximum atomic E-state index is 6.77. The average molecular weight is 793 g/mol. The molecule has 11 aromatic rings. The van der Waals surface area contributed by atoms with Crippen molar-refractivity contribution in [3.8, 4) is 78.8 Å². The molecule has 1 atom stereocenters. The van der Waals surface area contributed by atoms with Crippen molar-refractivity contribution >= 4 is 21.9 Å². The summed E-state index contributed by atoms with van der Waals surface area (Å²) in [7, 11) is 0. The second kappa shape index (κ2) is 14.8. The highest BCUT2D eigenvalue weighted by molar-refractivity contribution is 6.08. The van der Waals surface area contributed by atoms with Crippen molar-refractivity contribution in [1.82, 2.24) is 19.9 Å². The lowest BCUT2D eigenvalue weighted by atomic mass is 9.89. The van der Waals surface area contributed by atoms with Crippen LogP contribution >= 0.6 is 0 Å². The van der Waals surface area contributed by atoms with Crippen LogP contribution in [0.3, 0.4) is 0 Å². The number of nitrogens with zero attached hydrogens (tertiary/aromatic N) is 4. The number of fused-ring (bicyclic) bond motifs is 6. The monoisotopic (exact) mass is 792 g/mol. The minimum atomic E-state index is 0.150. The van der Waals surface area contributed by atoms with Crippen molar-refractivity contribution in [1.29, 1.82) is 0 Å². The molecule has 8 aromatic carbocycles. The number of pyridine rings is 1. The van der Waals surface area contributed by atoms with E-state index in [0.717, 1.165) is 72.1 Å². The van der Waals surface area contributed by atoms with Crippen molar-refractivity contribution in [3.63, 3.8) is 0 Å². The fourth-order valence-corrected chi connectivity index (χ4v) is 9.09. The molecular weight excluding hydrogens is 757 g/mol. The Morgan fingerprint density at radius 2 is 0.919 bits per heavy atom. The van der Waals surface area contributed by atoms with E-state index in [9.17, 15) is 0 Å². The Bertz CT molecular complexity index is 3400. The molecule has 0 N–H and O–H groups in total. The summed E-state index contributed by atoms with van der Waals surface area (Å²) in [6.07, 6.45) is 1.95. The van der Waals surface area contributed by atoms with E-state index >= 15 is 0 Å². The lowest BCUT2D eigenvalue weighted by Crippen LogP contribution is -2.02. The van der Waals surface area contributed by atoms with Crippen LogP contribution in [0.4, 0.5) is 0 Å². The minimum absolute atomic E-state index is 0.150. The summed E-state index contributed by atoms with van der Waals surface area (Å²) in [5.74, 6) is 1.87. The summed E-state index contributed by atoms with van der Waals surface area (Å²) in [6, 6.07) is 71.9. The Hall–Kier alpha value is -8.28. The van der Waals surface area contributed by atoms with E-state index in [-0.39, 0.29) is 5.92 Å². The fourth-order valence-electron chi connectivity index (χ4n) is 9.09. The van der Waals surface area contributed by atoms with Gasteiger partial charge in [-0.3, -0.25) is 4.98 Å². The number of rotatable bonds is 7. The maximum absolute atomic E-state index is 6.77. The molecule has 0 spiro atoms. The smallest absolute Gasteiger partial charge is 0.166 e. The molecule has 5 nitrogen and oxygen atoms in total. The highest BCUT2D eigenvalue weighted by Gasteiger charge is 2.31. The number of hydrogen-bond donors (Lipinski definition) is 0. The van der Waals surface area contributed by atoms with Crippen LogP contribution in [0.5, 0.6) is 0 Å². The van der Waals surface area contributed by atoms with Crippen molar-refractivity contribution in [2.45, 2.75) is 5.92 Å². The first kappa shape index (κ1) is 35.6. The molecule has 12 rings (SSSR count). The first-order valence-corrected chi connectivity index (χ1v) is 20.9. The normalized spacial score (nSPS) is 13.0. The highest BCUT2D eigenvalue weighted by Crippen LogP contribution is 2.50. The quantitative estimate of drug-likeness (QED) is 0.161. The van der Waals surface area contributed by atoms with Crippen molar-refractivity contribution in [2.75, 3.05) is 0 Å². The summed E-state index contributed by atoms with van der Waals surface area (Å²) >= 11 is 0. The van der Waals surface area contributed by atoms with E-state index in [1.165, 1.54) is 27.8 Å². The zero-order valence-corrected chi connectivity index (χ0v) is 33.5. The summed E-state index contributed by atoms with van der Waals surface area (Å²) < 4.78 is 6.77. The second-order valence-corrected chi connectivity index (χ2v) is 15.8. The maximum Gasteiger partial charge on any atom is 0.166 e. The standard InChI is InChI=1S/C57H36N4O/c1-5-16-36(17-6-1)40-24-15-25-41(30-40)43-31-50(57-60-55(38-20-9-3-10-21-38)59-56(61-57)39-22-11-4-12-23-39)54(58-35-43)42-28-29-45-48-33-49-47(34-52(48)62-51(45)32-42)44-26-13-14-27-46(44)53(49)37-18-7-2-8-19-37/h1-35,53H. The molecule has 3 aromatic heterocycles. The molecular formula is C57H36N4O. The van der Waals surface area contributed by atoms with Gasteiger partial charge in [0.05, 0.1) is 5.69 Å². The summed E-state index contributed by atoms with van der Waals surface area (Å²) in [4.78, 5) is 20.6. The molecule has 1 aliphatic carbocycles. The molecule has 290 valence electrons. The Morgan fingerprint density at radius 1 is 0.339 bits per heavy atom. The number of aromatic nitrogens is 4. The van der Waals surface area contributed by atoms with Gasteiger partial charge in [0.2, 0.25) is 0 Å². The Morgan fingerprint density at radius 3 is 1.63 bits per heavy atom. The first-order chi connectivity index (χ1) is 30.7. The largest absolute Gasteiger partial charge is 0.456 e. The average Bonchev–Trinajstić information content (AvgIpc) is 3.88. The van der Waals surface area contributed by atoms with Crippen LogP contribution in [0.15, 0.2) is 217 Å². The van der Waals surface area contributed by atoms with Gasteiger partial charge in [0.25, 0.3) is 0 Å². The van der Waals surface area contributed by atoms with Crippen molar-refractivity contribution < 1.29 is 4.42 Å². The van der Waals surface area contributed by atoms with Crippen LogP contribution in [0.2, 0.25) is 0 Å². The molecule has 3 heterocycles. The summed E-state index contributed by atoms with van der Waals surface area (Å²) in [6.45, 7) is 0. The van der Waals surface area contributed by atoms with Gasteiger partial charge in [0.15, 0.2) is 17.5 Å². The molecule has 0 bridgehead atoms.